The van der Waals surface area contributed by atoms with Crippen molar-refractivity contribution >= 4 is 10.9 Å². The first-order chi connectivity index (χ1) is 6.61. The molecule has 1 aromatic heterocycles. The number of phenols is 1. The number of phenolic OH excluding ortho intramolecular Hbond substituents is 1. The van der Waals surface area contributed by atoms with Crippen molar-refractivity contribution in [1.82, 2.24) is 9.78 Å². The zero-order valence-electron chi connectivity index (χ0n) is 8.65. The molecule has 2 aromatic rings. The molecule has 1 heterocycles. The third kappa shape index (κ3) is 1.16. The van der Waals surface area contributed by atoms with Gasteiger partial charge in [0, 0.05) is 6.04 Å². The SMILES string of the molecule is Cc1nn(C(C)C)c2cccc(O)c12. The summed E-state index contributed by atoms with van der Waals surface area (Å²) in [5.74, 6) is 0.312. The first-order valence-corrected chi connectivity index (χ1v) is 4.78. The van der Waals surface area contributed by atoms with Crippen LogP contribution in [0.5, 0.6) is 5.75 Å². The lowest BCUT2D eigenvalue weighted by molar-refractivity contribution is 0.481. The van der Waals surface area contributed by atoms with Gasteiger partial charge < -0.3 is 5.11 Å². The number of benzene rings is 1. The highest BCUT2D eigenvalue weighted by atomic mass is 16.3. The minimum Gasteiger partial charge on any atom is -0.507 e. The summed E-state index contributed by atoms with van der Waals surface area (Å²) in [6, 6.07) is 5.84. The number of nitrogens with zero attached hydrogens (tertiary/aromatic N) is 2. The van der Waals surface area contributed by atoms with E-state index >= 15 is 0 Å². The van der Waals surface area contributed by atoms with Crippen LogP contribution in [0, 0.1) is 6.92 Å². The second-order valence-electron chi connectivity index (χ2n) is 3.79. The van der Waals surface area contributed by atoms with Crippen molar-refractivity contribution in [3.63, 3.8) is 0 Å². The van der Waals surface area contributed by atoms with Crippen LogP contribution in [0.15, 0.2) is 18.2 Å². The predicted molar refractivity (Wildman–Crippen MR) is 56.5 cm³/mol. The molecule has 0 aliphatic carbocycles. The van der Waals surface area contributed by atoms with Crippen molar-refractivity contribution in [3.05, 3.63) is 23.9 Å². The lowest BCUT2D eigenvalue weighted by Crippen LogP contribution is -2.02. The smallest absolute Gasteiger partial charge is 0.126 e. The lowest BCUT2D eigenvalue weighted by Gasteiger charge is -2.06. The number of fused-ring (bicyclic) bond motifs is 1. The Morgan fingerprint density at radius 1 is 1.36 bits per heavy atom. The summed E-state index contributed by atoms with van der Waals surface area (Å²) >= 11 is 0. The monoisotopic (exact) mass is 190 g/mol. The van der Waals surface area contributed by atoms with Gasteiger partial charge in [-0.3, -0.25) is 4.68 Å². The van der Waals surface area contributed by atoms with E-state index in [0.29, 0.717) is 11.8 Å². The topological polar surface area (TPSA) is 38.0 Å². The highest BCUT2D eigenvalue weighted by Crippen LogP contribution is 2.28. The van der Waals surface area contributed by atoms with Crippen LogP contribution in [0.4, 0.5) is 0 Å². The average Bonchev–Trinajstić information content (AvgIpc) is 2.45. The van der Waals surface area contributed by atoms with Crippen LogP contribution in [0.2, 0.25) is 0 Å². The van der Waals surface area contributed by atoms with Crippen LogP contribution in [-0.4, -0.2) is 14.9 Å². The van der Waals surface area contributed by atoms with E-state index in [0.717, 1.165) is 16.6 Å². The number of rotatable bonds is 1. The Kier molecular flexibility index (Phi) is 1.95. The van der Waals surface area contributed by atoms with Gasteiger partial charge in [-0.05, 0) is 32.9 Å². The van der Waals surface area contributed by atoms with Crippen LogP contribution in [0.3, 0.4) is 0 Å². The molecule has 0 radical (unpaired) electrons. The van der Waals surface area contributed by atoms with Crippen molar-refractivity contribution in [2.45, 2.75) is 26.8 Å². The fourth-order valence-corrected chi connectivity index (χ4v) is 1.75. The van der Waals surface area contributed by atoms with Crippen molar-refractivity contribution in [2.24, 2.45) is 0 Å². The number of aryl methyl sites for hydroxylation is 1. The van der Waals surface area contributed by atoms with Crippen LogP contribution in [0.25, 0.3) is 10.9 Å². The predicted octanol–water partition coefficient (Wildman–Crippen LogP) is 2.63. The molecule has 3 heteroatoms. The third-order valence-corrected chi connectivity index (χ3v) is 2.38. The molecule has 0 spiro atoms. The second-order valence-corrected chi connectivity index (χ2v) is 3.79. The third-order valence-electron chi connectivity index (χ3n) is 2.38. The van der Waals surface area contributed by atoms with Crippen LogP contribution >= 0.6 is 0 Å². The Labute approximate surface area is 83.0 Å². The summed E-state index contributed by atoms with van der Waals surface area (Å²) in [4.78, 5) is 0. The Hall–Kier alpha value is -1.51. The summed E-state index contributed by atoms with van der Waals surface area (Å²) in [6.45, 7) is 6.08. The van der Waals surface area contributed by atoms with E-state index in [4.69, 9.17) is 0 Å². The van der Waals surface area contributed by atoms with Gasteiger partial charge in [-0.25, -0.2) is 0 Å². The molecule has 0 aliphatic rings. The van der Waals surface area contributed by atoms with E-state index in [-0.39, 0.29) is 0 Å². The van der Waals surface area contributed by atoms with Crippen molar-refractivity contribution in [2.75, 3.05) is 0 Å². The molecule has 0 aliphatic heterocycles. The van der Waals surface area contributed by atoms with E-state index in [9.17, 15) is 5.11 Å². The highest BCUT2D eigenvalue weighted by Gasteiger charge is 2.11. The Bertz CT molecular complexity index is 471. The molecule has 0 atom stereocenters. The molecule has 0 amide bonds. The van der Waals surface area contributed by atoms with E-state index in [1.807, 2.05) is 23.7 Å². The van der Waals surface area contributed by atoms with Gasteiger partial charge in [-0.2, -0.15) is 5.10 Å². The molecule has 2 rings (SSSR count). The van der Waals surface area contributed by atoms with Crippen LogP contribution < -0.4 is 0 Å². The zero-order chi connectivity index (χ0) is 10.3. The molecule has 14 heavy (non-hydrogen) atoms. The molecule has 0 unspecified atom stereocenters. The zero-order valence-corrected chi connectivity index (χ0v) is 8.65. The Morgan fingerprint density at radius 3 is 2.71 bits per heavy atom. The summed E-state index contributed by atoms with van der Waals surface area (Å²) in [5, 5.41) is 15.0. The fraction of sp³-hybridized carbons (Fsp3) is 0.364. The van der Waals surface area contributed by atoms with Gasteiger partial charge in [0.15, 0.2) is 0 Å². The van der Waals surface area contributed by atoms with Crippen LogP contribution in [0.1, 0.15) is 25.6 Å². The minimum atomic E-state index is 0.312. The van der Waals surface area contributed by atoms with Gasteiger partial charge in [0.1, 0.15) is 5.75 Å². The first-order valence-electron chi connectivity index (χ1n) is 4.78. The van der Waals surface area contributed by atoms with Crippen molar-refractivity contribution in [1.29, 1.82) is 0 Å². The van der Waals surface area contributed by atoms with E-state index in [2.05, 4.69) is 18.9 Å². The average molecular weight is 190 g/mol. The standard InChI is InChI=1S/C11H14N2O/c1-7(2)13-9-5-4-6-10(14)11(9)8(3)12-13/h4-7,14H,1-3H3. The summed E-state index contributed by atoms with van der Waals surface area (Å²) in [5.41, 5.74) is 1.88. The molecule has 74 valence electrons. The van der Waals surface area contributed by atoms with Crippen LogP contribution in [-0.2, 0) is 0 Å². The number of aromatic nitrogens is 2. The molecular formula is C11H14N2O. The summed E-state index contributed by atoms with van der Waals surface area (Å²) < 4.78 is 1.93. The lowest BCUT2D eigenvalue weighted by atomic mass is 10.2. The van der Waals surface area contributed by atoms with Crippen molar-refractivity contribution < 1.29 is 5.11 Å². The maximum absolute atomic E-state index is 9.69. The van der Waals surface area contributed by atoms with Gasteiger partial charge >= 0.3 is 0 Å². The van der Waals surface area contributed by atoms with E-state index in [1.165, 1.54) is 0 Å². The first kappa shape index (κ1) is 9.06. The summed E-state index contributed by atoms with van der Waals surface area (Å²) in [6.07, 6.45) is 0. The van der Waals surface area contributed by atoms with Gasteiger partial charge in [-0.15, -0.1) is 0 Å². The molecule has 0 saturated carbocycles. The maximum Gasteiger partial charge on any atom is 0.126 e. The van der Waals surface area contributed by atoms with Gasteiger partial charge in [-0.1, -0.05) is 6.07 Å². The molecule has 0 fully saturated rings. The largest absolute Gasteiger partial charge is 0.507 e. The Morgan fingerprint density at radius 2 is 2.07 bits per heavy atom. The second kappa shape index (κ2) is 3.01. The molecular weight excluding hydrogens is 176 g/mol. The number of aromatic hydroxyl groups is 1. The number of hydrogen-bond acceptors (Lipinski definition) is 2. The van der Waals surface area contributed by atoms with Gasteiger partial charge in [0.25, 0.3) is 0 Å². The highest BCUT2D eigenvalue weighted by molar-refractivity contribution is 5.87. The quantitative estimate of drug-likeness (QED) is 0.750. The maximum atomic E-state index is 9.69. The normalized spacial score (nSPS) is 11.4. The van der Waals surface area contributed by atoms with E-state index in [1.54, 1.807) is 6.07 Å². The van der Waals surface area contributed by atoms with Gasteiger partial charge in [0.2, 0.25) is 0 Å². The molecule has 3 nitrogen and oxygen atoms in total. The molecule has 1 N–H and O–H groups in total. The fourth-order valence-electron chi connectivity index (χ4n) is 1.75. The summed E-state index contributed by atoms with van der Waals surface area (Å²) in [7, 11) is 0. The van der Waals surface area contributed by atoms with Crippen molar-refractivity contribution in [3.8, 4) is 5.75 Å². The molecule has 0 saturated heterocycles. The number of hydrogen-bond donors (Lipinski definition) is 1. The molecule has 0 bridgehead atoms. The Balaban J connectivity index is 2.84. The van der Waals surface area contributed by atoms with Gasteiger partial charge in [0.05, 0.1) is 16.6 Å². The van der Waals surface area contributed by atoms with E-state index < -0.39 is 0 Å². The molecule has 1 aromatic carbocycles. The minimum absolute atomic E-state index is 0.312.